The lowest BCUT2D eigenvalue weighted by molar-refractivity contribution is 0.148. The van der Waals surface area contributed by atoms with E-state index < -0.39 is 0 Å². The van der Waals surface area contributed by atoms with Gasteiger partial charge in [-0.2, -0.15) is 5.10 Å². The number of rotatable bonds is 9. The highest BCUT2D eigenvalue weighted by Crippen LogP contribution is 2.31. The van der Waals surface area contributed by atoms with E-state index in [-0.39, 0.29) is 0 Å². The van der Waals surface area contributed by atoms with Crippen molar-refractivity contribution >= 4 is 23.2 Å². The van der Waals surface area contributed by atoms with E-state index in [0.29, 0.717) is 11.0 Å². The number of likely N-dealkylation sites (N-methyl/N-ethyl adjacent to an activating group) is 2. The molecule has 38 heavy (non-hydrogen) atoms. The molecular weight excluding hydrogens is 496 g/mol. The minimum atomic E-state index is 0.553. The molecule has 0 saturated carbocycles. The molecule has 198 valence electrons. The van der Waals surface area contributed by atoms with Crippen LogP contribution in [0.15, 0.2) is 67.0 Å². The molecule has 1 N–H and O–H groups in total. The van der Waals surface area contributed by atoms with Crippen molar-refractivity contribution in [1.82, 2.24) is 34.4 Å². The topological polar surface area (TPSA) is 65.4 Å². The second-order valence-corrected chi connectivity index (χ2v) is 10.6. The predicted molar refractivity (Wildman–Crippen MR) is 155 cm³/mol. The monoisotopic (exact) mass is 530 g/mol. The van der Waals surface area contributed by atoms with Gasteiger partial charge in [0.15, 0.2) is 0 Å². The van der Waals surface area contributed by atoms with Crippen molar-refractivity contribution in [1.29, 1.82) is 0 Å². The first-order valence-electron chi connectivity index (χ1n) is 13.0. The highest BCUT2D eigenvalue weighted by molar-refractivity contribution is 6.30. The highest BCUT2D eigenvalue weighted by atomic mass is 35.5. The maximum atomic E-state index is 6.14. The van der Waals surface area contributed by atoms with Crippen molar-refractivity contribution in [3.63, 3.8) is 0 Å². The molecular formula is C29H35ClN8. The van der Waals surface area contributed by atoms with Crippen LogP contribution in [0.5, 0.6) is 0 Å². The third-order valence-corrected chi connectivity index (χ3v) is 7.05. The summed E-state index contributed by atoms with van der Waals surface area (Å²) in [5.74, 6) is 0.553. The van der Waals surface area contributed by atoms with E-state index in [0.717, 1.165) is 74.0 Å². The fraction of sp³-hybridized carbons (Fsp3) is 0.345. The van der Waals surface area contributed by atoms with Crippen molar-refractivity contribution in [2.75, 3.05) is 59.2 Å². The Balaban J connectivity index is 1.34. The van der Waals surface area contributed by atoms with Gasteiger partial charge in [-0.1, -0.05) is 35.9 Å². The first kappa shape index (κ1) is 26.3. The molecule has 0 unspecified atom stereocenters. The normalized spacial score (nSPS) is 14.8. The van der Waals surface area contributed by atoms with Gasteiger partial charge in [-0.25, -0.2) is 9.97 Å². The lowest BCUT2D eigenvalue weighted by atomic mass is 10.1. The third-order valence-electron chi connectivity index (χ3n) is 6.80. The van der Waals surface area contributed by atoms with Crippen LogP contribution in [-0.2, 0) is 13.1 Å². The van der Waals surface area contributed by atoms with Gasteiger partial charge in [0, 0.05) is 73.5 Å². The molecule has 0 aliphatic carbocycles. The van der Waals surface area contributed by atoms with Crippen LogP contribution in [0.4, 0.5) is 11.6 Å². The largest absolute Gasteiger partial charge is 0.324 e. The van der Waals surface area contributed by atoms with E-state index in [2.05, 4.69) is 76.6 Å². The van der Waals surface area contributed by atoms with E-state index in [4.69, 9.17) is 21.7 Å². The van der Waals surface area contributed by atoms with Crippen LogP contribution >= 0.6 is 11.6 Å². The summed E-state index contributed by atoms with van der Waals surface area (Å²) >= 11 is 6.14. The van der Waals surface area contributed by atoms with Crippen LogP contribution in [0.1, 0.15) is 5.56 Å². The van der Waals surface area contributed by atoms with Crippen LogP contribution in [0.2, 0.25) is 5.02 Å². The van der Waals surface area contributed by atoms with Crippen molar-refractivity contribution in [3.8, 4) is 22.5 Å². The van der Waals surface area contributed by atoms with Gasteiger partial charge < -0.3 is 15.1 Å². The number of nitrogens with one attached hydrogen (secondary N) is 1. The maximum Gasteiger partial charge on any atom is 0.227 e. The standard InChI is InChI=1S/C29H35ClN8/c1-35(2)14-19-38-21-26(28(34-38)23-6-8-24(30)9-7-23)27-12-13-31-29(33-27)32-25-10-4-22(5-11-25)20-37-17-15-36(3)16-18-37/h4-13,21H,14-20H2,1-3H3,(H,31,32,33). The van der Waals surface area contributed by atoms with E-state index >= 15 is 0 Å². The maximum absolute atomic E-state index is 6.14. The van der Waals surface area contributed by atoms with E-state index in [1.54, 1.807) is 6.20 Å². The number of halogens is 1. The fourth-order valence-electron chi connectivity index (χ4n) is 4.50. The first-order chi connectivity index (χ1) is 18.4. The quantitative estimate of drug-likeness (QED) is 0.336. The lowest BCUT2D eigenvalue weighted by Crippen LogP contribution is -2.43. The summed E-state index contributed by atoms with van der Waals surface area (Å²) in [7, 11) is 6.31. The molecule has 8 nitrogen and oxygen atoms in total. The Morgan fingerprint density at radius 3 is 2.39 bits per heavy atom. The molecule has 1 aliphatic heterocycles. The lowest BCUT2D eigenvalue weighted by Gasteiger charge is -2.32. The van der Waals surface area contributed by atoms with Gasteiger partial charge >= 0.3 is 0 Å². The summed E-state index contributed by atoms with van der Waals surface area (Å²) in [5, 5.41) is 8.96. The summed E-state index contributed by atoms with van der Waals surface area (Å²) in [4.78, 5) is 16.4. The Labute approximate surface area is 229 Å². The van der Waals surface area contributed by atoms with Crippen molar-refractivity contribution in [3.05, 3.63) is 77.6 Å². The number of nitrogens with zero attached hydrogens (tertiary/aromatic N) is 7. The molecule has 1 saturated heterocycles. The molecule has 0 bridgehead atoms. The average molecular weight is 531 g/mol. The average Bonchev–Trinajstić information content (AvgIpc) is 3.35. The minimum Gasteiger partial charge on any atom is -0.324 e. The number of hydrogen-bond donors (Lipinski definition) is 1. The Bertz CT molecular complexity index is 1330. The van der Waals surface area contributed by atoms with E-state index in [9.17, 15) is 0 Å². The van der Waals surface area contributed by atoms with E-state index in [1.165, 1.54) is 5.56 Å². The van der Waals surface area contributed by atoms with Gasteiger partial charge in [0.2, 0.25) is 5.95 Å². The predicted octanol–water partition coefficient (Wildman–Crippen LogP) is 4.71. The second-order valence-electron chi connectivity index (χ2n) is 10.1. The van der Waals surface area contributed by atoms with Gasteiger partial charge in [-0.3, -0.25) is 9.58 Å². The molecule has 0 atom stereocenters. The zero-order valence-electron chi connectivity index (χ0n) is 22.3. The summed E-state index contributed by atoms with van der Waals surface area (Å²) < 4.78 is 1.98. The van der Waals surface area contributed by atoms with Gasteiger partial charge in [0.25, 0.3) is 0 Å². The van der Waals surface area contributed by atoms with E-state index in [1.807, 2.05) is 35.0 Å². The molecule has 2 aromatic heterocycles. The Morgan fingerprint density at radius 1 is 0.947 bits per heavy atom. The summed E-state index contributed by atoms with van der Waals surface area (Å²) in [6.07, 6.45) is 3.85. The fourth-order valence-corrected chi connectivity index (χ4v) is 4.63. The molecule has 4 aromatic rings. The zero-order valence-corrected chi connectivity index (χ0v) is 23.1. The second kappa shape index (κ2) is 12.0. The van der Waals surface area contributed by atoms with Crippen LogP contribution in [0.3, 0.4) is 0 Å². The molecule has 9 heteroatoms. The molecule has 1 fully saturated rings. The summed E-state index contributed by atoms with van der Waals surface area (Å²) in [6.45, 7) is 7.13. The molecule has 5 rings (SSSR count). The Morgan fingerprint density at radius 2 is 1.68 bits per heavy atom. The molecule has 1 aliphatic rings. The zero-order chi connectivity index (χ0) is 26.5. The van der Waals surface area contributed by atoms with Crippen LogP contribution in [0.25, 0.3) is 22.5 Å². The Hall–Kier alpha value is -3.30. The molecule has 2 aromatic carbocycles. The molecule has 0 amide bonds. The van der Waals surface area contributed by atoms with Gasteiger partial charge in [-0.05, 0) is 57.0 Å². The molecule has 3 heterocycles. The molecule has 0 radical (unpaired) electrons. The first-order valence-corrected chi connectivity index (χ1v) is 13.4. The highest BCUT2D eigenvalue weighted by Gasteiger charge is 2.16. The van der Waals surface area contributed by atoms with Crippen LogP contribution < -0.4 is 5.32 Å². The number of benzene rings is 2. The van der Waals surface area contributed by atoms with Crippen molar-refractivity contribution in [2.24, 2.45) is 0 Å². The third kappa shape index (κ3) is 6.76. The van der Waals surface area contributed by atoms with Crippen LogP contribution in [-0.4, -0.2) is 88.3 Å². The number of hydrogen-bond acceptors (Lipinski definition) is 7. The molecule has 0 spiro atoms. The van der Waals surface area contributed by atoms with Gasteiger partial charge in [0.1, 0.15) is 5.69 Å². The van der Waals surface area contributed by atoms with Crippen molar-refractivity contribution in [2.45, 2.75) is 13.1 Å². The summed E-state index contributed by atoms with van der Waals surface area (Å²) in [6, 6.07) is 18.2. The number of anilines is 2. The number of aromatic nitrogens is 4. The smallest absolute Gasteiger partial charge is 0.227 e. The number of piperazine rings is 1. The Kier molecular flexibility index (Phi) is 8.34. The van der Waals surface area contributed by atoms with Crippen LogP contribution in [0, 0.1) is 0 Å². The minimum absolute atomic E-state index is 0.553. The van der Waals surface area contributed by atoms with Gasteiger partial charge in [-0.15, -0.1) is 0 Å². The van der Waals surface area contributed by atoms with Gasteiger partial charge in [0.05, 0.1) is 12.2 Å². The SMILES string of the molecule is CN(C)CCn1cc(-c2ccnc(Nc3ccc(CN4CCN(C)CC4)cc3)n2)c(-c2ccc(Cl)cc2)n1. The van der Waals surface area contributed by atoms with Crippen molar-refractivity contribution < 1.29 is 0 Å². The summed E-state index contributed by atoms with van der Waals surface area (Å²) in [5.41, 5.74) is 5.92.